The van der Waals surface area contributed by atoms with E-state index >= 15 is 0 Å². The van der Waals surface area contributed by atoms with Crippen molar-refractivity contribution in [2.75, 3.05) is 27.2 Å². The third-order valence-electron chi connectivity index (χ3n) is 3.03. The number of thiophene rings is 1. The Balaban J connectivity index is 2.65. The molecule has 19 heavy (non-hydrogen) atoms. The van der Waals surface area contributed by atoms with Crippen molar-refractivity contribution < 1.29 is 4.79 Å². The Bertz CT molecular complexity index is 405. The van der Waals surface area contributed by atoms with Crippen LogP contribution < -0.4 is 11.3 Å². The zero-order valence-electron chi connectivity index (χ0n) is 12.1. The maximum atomic E-state index is 11.4. The molecule has 0 aliphatic carbocycles. The Hall–Kier alpha value is -0.950. The number of rotatable bonds is 7. The van der Waals surface area contributed by atoms with Crippen molar-refractivity contribution in [1.29, 1.82) is 0 Å². The molecule has 1 amide bonds. The molecule has 0 aromatic carbocycles. The highest BCUT2D eigenvalue weighted by molar-refractivity contribution is 7.14. The van der Waals surface area contributed by atoms with Crippen molar-refractivity contribution in [2.45, 2.75) is 26.4 Å². The van der Waals surface area contributed by atoms with Crippen molar-refractivity contribution in [3.05, 3.63) is 21.9 Å². The quantitative estimate of drug-likeness (QED) is 0.447. The Morgan fingerprint density at radius 1 is 1.47 bits per heavy atom. The first-order chi connectivity index (χ1) is 8.97. The SMILES string of the molecule is CCN(Cc1ccc(C(=O)NN)s1)C(C)CN(C)C. The molecule has 1 unspecified atom stereocenters. The summed E-state index contributed by atoms with van der Waals surface area (Å²) in [4.78, 5) is 17.9. The molecule has 0 bridgehead atoms. The van der Waals surface area contributed by atoms with Gasteiger partial charge in [-0.1, -0.05) is 6.92 Å². The number of carbonyl (C=O) groups excluding carboxylic acids is 1. The molecule has 1 heterocycles. The molecule has 5 nitrogen and oxygen atoms in total. The van der Waals surface area contributed by atoms with E-state index in [0.717, 1.165) is 19.6 Å². The van der Waals surface area contributed by atoms with Crippen LogP contribution in [0.3, 0.4) is 0 Å². The second kappa shape index (κ2) is 7.59. The number of nitrogen functional groups attached to an aromatic ring is 1. The summed E-state index contributed by atoms with van der Waals surface area (Å²) in [5.74, 6) is 4.91. The van der Waals surface area contributed by atoms with Gasteiger partial charge in [0.1, 0.15) is 0 Å². The molecule has 3 N–H and O–H groups in total. The molecular formula is C13H24N4OS. The van der Waals surface area contributed by atoms with Crippen LogP contribution in [0, 0.1) is 0 Å². The van der Waals surface area contributed by atoms with E-state index < -0.39 is 0 Å². The van der Waals surface area contributed by atoms with E-state index in [2.05, 4.69) is 43.2 Å². The van der Waals surface area contributed by atoms with Gasteiger partial charge in [0.15, 0.2) is 0 Å². The molecule has 0 spiro atoms. The summed E-state index contributed by atoms with van der Waals surface area (Å²) in [5.41, 5.74) is 2.16. The van der Waals surface area contributed by atoms with Crippen molar-refractivity contribution >= 4 is 17.2 Å². The molecular weight excluding hydrogens is 260 g/mol. The summed E-state index contributed by atoms with van der Waals surface area (Å²) in [6, 6.07) is 4.31. The molecule has 1 atom stereocenters. The number of hydrogen-bond donors (Lipinski definition) is 2. The molecule has 1 aromatic heterocycles. The van der Waals surface area contributed by atoms with Crippen molar-refractivity contribution in [3.63, 3.8) is 0 Å². The van der Waals surface area contributed by atoms with Gasteiger partial charge in [0.25, 0.3) is 5.91 Å². The topological polar surface area (TPSA) is 61.6 Å². The fraction of sp³-hybridized carbons (Fsp3) is 0.615. The fourth-order valence-corrected chi connectivity index (χ4v) is 3.02. The summed E-state index contributed by atoms with van der Waals surface area (Å²) in [7, 11) is 4.17. The Labute approximate surface area is 119 Å². The first-order valence-electron chi connectivity index (χ1n) is 6.46. The zero-order valence-corrected chi connectivity index (χ0v) is 13.0. The first kappa shape index (κ1) is 16.1. The Kier molecular flexibility index (Phi) is 6.44. The van der Waals surface area contributed by atoms with Crippen molar-refractivity contribution in [3.8, 4) is 0 Å². The lowest BCUT2D eigenvalue weighted by Crippen LogP contribution is -2.39. The van der Waals surface area contributed by atoms with Gasteiger partial charge in [-0.25, -0.2) is 5.84 Å². The minimum atomic E-state index is -0.222. The number of nitrogens with one attached hydrogen (secondary N) is 1. The van der Waals surface area contributed by atoms with Gasteiger partial charge in [0.2, 0.25) is 0 Å². The lowest BCUT2D eigenvalue weighted by molar-refractivity contribution is 0.0957. The van der Waals surface area contributed by atoms with Crippen LogP contribution in [-0.2, 0) is 6.54 Å². The van der Waals surface area contributed by atoms with E-state index in [4.69, 9.17) is 5.84 Å². The number of hydrogen-bond acceptors (Lipinski definition) is 5. The minimum Gasteiger partial charge on any atom is -0.308 e. The zero-order chi connectivity index (χ0) is 14.4. The average molecular weight is 284 g/mol. The summed E-state index contributed by atoms with van der Waals surface area (Å²) < 4.78 is 0. The maximum Gasteiger partial charge on any atom is 0.275 e. The van der Waals surface area contributed by atoms with Crippen molar-refractivity contribution in [2.24, 2.45) is 5.84 Å². The second-order valence-corrected chi connectivity index (χ2v) is 6.08. The molecule has 0 saturated carbocycles. The number of nitrogens with two attached hydrogens (primary N) is 1. The van der Waals surface area contributed by atoms with Crippen LogP contribution in [0.4, 0.5) is 0 Å². The highest BCUT2D eigenvalue weighted by atomic mass is 32.1. The summed E-state index contributed by atoms with van der Waals surface area (Å²) in [5, 5.41) is 0. The smallest absolute Gasteiger partial charge is 0.275 e. The van der Waals surface area contributed by atoms with Gasteiger partial charge in [-0.2, -0.15) is 0 Å². The van der Waals surface area contributed by atoms with Crippen molar-refractivity contribution in [1.82, 2.24) is 15.2 Å². The van der Waals surface area contributed by atoms with E-state index in [1.807, 2.05) is 12.1 Å². The van der Waals surface area contributed by atoms with Crippen LogP contribution in [0.1, 0.15) is 28.4 Å². The van der Waals surface area contributed by atoms with Crippen LogP contribution in [-0.4, -0.2) is 48.9 Å². The number of amides is 1. The molecule has 108 valence electrons. The highest BCUT2D eigenvalue weighted by Crippen LogP contribution is 2.19. The second-order valence-electron chi connectivity index (χ2n) is 4.91. The standard InChI is InChI=1S/C13H24N4OS/c1-5-17(10(2)8-16(3)4)9-11-6-7-12(19-11)13(18)15-14/h6-7,10H,5,8-9,14H2,1-4H3,(H,15,18). The van der Waals surface area contributed by atoms with E-state index in [0.29, 0.717) is 10.9 Å². The monoisotopic (exact) mass is 284 g/mol. The maximum absolute atomic E-state index is 11.4. The van der Waals surface area contributed by atoms with Gasteiger partial charge >= 0.3 is 0 Å². The fourth-order valence-electron chi connectivity index (χ4n) is 2.08. The van der Waals surface area contributed by atoms with Gasteiger partial charge in [-0.3, -0.25) is 15.1 Å². The van der Waals surface area contributed by atoms with Gasteiger partial charge < -0.3 is 4.90 Å². The van der Waals surface area contributed by atoms with E-state index in [9.17, 15) is 4.79 Å². The van der Waals surface area contributed by atoms with E-state index in [1.54, 1.807) is 0 Å². The van der Waals surface area contributed by atoms with Crippen LogP contribution >= 0.6 is 11.3 Å². The lowest BCUT2D eigenvalue weighted by Gasteiger charge is -2.29. The van der Waals surface area contributed by atoms with Crippen LogP contribution in [0.15, 0.2) is 12.1 Å². The normalized spacial score (nSPS) is 13.0. The summed E-state index contributed by atoms with van der Waals surface area (Å²) in [6.07, 6.45) is 0. The summed E-state index contributed by atoms with van der Waals surface area (Å²) in [6.45, 7) is 7.27. The predicted molar refractivity (Wildman–Crippen MR) is 80.1 cm³/mol. The first-order valence-corrected chi connectivity index (χ1v) is 7.28. The average Bonchev–Trinajstić information content (AvgIpc) is 2.82. The molecule has 0 saturated heterocycles. The molecule has 0 fully saturated rings. The predicted octanol–water partition coefficient (Wildman–Crippen LogP) is 1.12. The van der Waals surface area contributed by atoms with E-state index in [1.165, 1.54) is 16.2 Å². The van der Waals surface area contributed by atoms with Crippen LogP contribution in [0.25, 0.3) is 0 Å². The molecule has 6 heteroatoms. The molecule has 1 rings (SSSR count). The van der Waals surface area contributed by atoms with Gasteiger partial charge in [0, 0.05) is 24.0 Å². The Morgan fingerprint density at radius 2 is 2.16 bits per heavy atom. The van der Waals surface area contributed by atoms with E-state index in [-0.39, 0.29) is 5.91 Å². The summed E-state index contributed by atoms with van der Waals surface area (Å²) >= 11 is 1.50. The molecule has 0 aliphatic heterocycles. The van der Waals surface area contributed by atoms with Gasteiger partial charge in [-0.05, 0) is 39.7 Å². The van der Waals surface area contributed by atoms with Crippen LogP contribution in [0.5, 0.6) is 0 Å². The third-order valence-corrected chi connectivity index (χ3v) is 4.10. The number of hydrazine groups is 1. The van der Waals surface area contributed by atoms with Gasteiger partial charge in [0.05, 0.1) is 4.88 Å². The largest absolute Gasteiger partial charge is 0.308 e. The number of carbonyl (C=O) groups is 1. The lowest BCUT2D eigenvalue weighted by atomic mass is 10.2. The van der Waals surface area contributed by atoms with Gasteiger partial charge in [-0.15, -0.1) is 11.3 Å². The highest BCUT2D eigenvalue weighted by Gasteiger charge is 2.15. The number of likely N-dealkylation sites (N-methyl/N-ethyl adjacent to an activating group) is 2. The third kappa shape index (κ3) is 4.91. The molecule has 0 aliphatic rings. The molecule has 0 radical (unpaired) electrons. The minimum absolute atomic E-state index is 0.222. The van der Waals surface area contributed by atoms with Crippen LogP contribution in [0.2, 0.25) is 0 Å². The number of nitrogens with zero attached hydrogens (tertiary/aromatic N) is 2. The Morgan fingerprint density at radius 3 is 2.68 bits per heavy atom. The molecule has 1 aromatic rings.